The molecule has 1 saturated heterocycles. The van der Waals surface area contributed by atoms with Crippen LogP contribution in [0.5, 0.6) is 0 Å². The number of carboxylic acids is 1. The molecule has 1 saturated carbocycles. The number of halogens is 1. The van der Waals surface area contributed by atoms with Gasteiger partial charge >= 0.3 is 5.97 Å². The summed E-state index contributed by atoms with van der Waals surface area (Å²) in [6, 6.07) is 5.83. The number of carboxylic acid groups (broad SMARTS) is 1. The topological polar surface area (TPSA) is 60.9 Å². The molecule has 1 aromatic rings. The first-order valence-corrected chi connectivity index (χ1v) is 7.88. The third kappa shape index (κ3) is 2.90. The second-order valence-corrected chi connectivity index (χ2v) is 6.47. The fourth-order valence-electron chi connectivity index (χ4n) is 3.07. The summed E-state index contributed by atoms with van der Waals surface area (Å²) in [5, 5.41) is 9.64. The van der Waals surface area contributed by atoms with Crippen molar-refractivity contribution >= 4 is 29.2 Å². The Morgan fingerprint density at radius 2 is 1.86 bits per heavy atom. The molecule has 5 nitrogen and oxygen atoms in total. The number of hydrogen-bond acceptors (Lipinski definition) is 3. The van der Waals surface area contributed by atoms with Gasteiger partial charge in [-0.3, -0.25) is 9.59 Å². The minimum atomic E-state index is -0.855. The normalized spacial score (nSPS) is 24.3. The van der Waals surface area contributed by atoms with Gasteiger partial charge in [0.05, 0.1) is 11.8 Å². The van der Waals surface area contributed by atoms with Gasteiger partial charge in [-0.25, -0.2) is 0 Å². The number of benzene rings is 1. The molecule has 0 spiro atoms. The smallest absolute Gasteiger partial charge is 0.307 e. The van der Waals surface area contributed by atoms with Crippen LogP contribution in [-0.2, 0) is 9.59 Å². The monoisotopic (exact) mass is 322 g/mol. The third-order valence-corrected chi connectivity index (χ3v) is 4.76. The highest BCUT2D eigenvalue weighted by Crippen LogP contribution is 2.40. The molecule has 22 heavy (non-hydrogen) atoms. The number of aliphatic carboxylic acids is 1. The molecule has 2 fully saturated rings. The number of rotatable bonds is 3. The Kier molecular flexibility index (Phi) is 4.00. The van der Waals surface area contributed by atoms with Crippen molar-refractivity contribution in [3.05, 3.63) is 28.8 Å². The van der Waals surface area contributed by atoms with Gasteiger partial charge in [0.1, 0.15) is 0 Å². The Bertz CT molecular complexity index is 611. The summed E-state index contributed by atoms with van der Waals surface area (Å²) < 4.78 is 0. The molecule has 3 rings (SSSR count). The molecule has 1 aliphatic carbocycles. The number of anilines is 1. The molecule has 2 atom stereocenters. The summed E-state index contributed by atoms with van der Waals surface area (Å²) >= 11 is 6.06. The minimum Gasteiger partial charge on any atom is -0.481 e. The van der Waals surface area contributed by atoms with Crippen molar-refractivity contribution in [2.75, 3.05) is 31.1 Å². The van der Waals surface area contributed by atoms with E-state index in [9.17, 15) is 9.59 Å². The Hall–Kier alpha value is -1.75. The number of carbonyl (C=O) groups excluding carboxylic acids is 1. The van der Waals surface area contributed by atoms with Crippen LogP contribution in [0, 0.1) is 18.8 Å². The zero-order valence-corrected chi connectivity index (χ0v) is 13.2. The molecule has 1 heterocycles. The van der Waals surface area contributed by atoms with Crippen molar-refractivity contribution in [3.63, 3.8) is 0 Å². The fraction of sp³-hybridized carbons (Fsp3) is 0.500. The van der Waals surface area contributed by atoms with E-state index in [1.165, 1.54) is 0 Å². The maximum absolute atomic E-state index is 12.3. The van der Waals surface area contributed by atoms with E-state index in [1.807, 2.05) is 25.1 Å². The number of carbonyl (C=O) groups is 2. The Labute approximate surface area is 134 Å². The first-order valence-electron chi connectivity index (χ1n) is 7.50. The Morgan fingerprint density at radius 3 is 2.45 bits per heavy atom. The maximum atomic E-state index is 12.3. The quantitative estimate of drug-likeness (QED) is 0.925. The number of hydrogen-bond donors (Lipinski definition) is 1. The van der Waals surface area contributed by atoms with Crippen molar-refractivity contribution in [1.29, 1.82) is 0 Å². The lowest BCUT2D eigenvalue weighted by Crippen LogP contribution is -2.49. The van der Waals surface area contributed by atoms with Crippen molar-refractivity contribution in [1.82, 2.24) is 4.90 Å². The van der Waals surface area contributed by atoms with Crippen LogP contribution in [0.1, 0.15) is 12.0 Å². The highest BCUT2D eigenvalue weighted by molar-refractivity contribution is 6.30. The van der Waals surface area contributed by atoms with Gasteiger partial charge in [0.25, 0.3) is 0 Å². The van der Waals surface area contributed by atoms with Crippen LogP contribution in [-0.4, -0.2) is 48.1 Å². The largest absolute Gasteiger partial charge is 0.481 e. The average molecular weight is 323 g/mol. The molecule has 1 aliphatic heterocycles. The van der Waals surface area contributed by atoms with E-state index in [4.69, 9.17) is 16.7 Å². The van der Waals surface area contributed by atoms with Gasteiger partial charge in [0.2, 0.25) is 5.91 Å². The van der Waals surface area contributed by atoms with Crippen molar-refractivity contribution in [2.24, 2.45) is 11.8 Å². The molecule has 2 aliphatic rings. The van der Waals surface area contributed by atoms with Crippen molar-refractivity contribution in [3.8, 4) is 0 Å². The molecule has 0 unspecified atom stereocenters. The number of amides is 1. The zero-order chi connectivity index (χ0) is 15.9. The second-order valence-electron chi connectivity index (χ2n) is 6.03. The molecule has 0 aromatic heterocycles. The first-order chi connectivity index (χ1) is 10.5. The lowest BCUT2D eigenvalue weighted by atomic mass is 10.1. The van der Waals surface area contributed by atoms with Crippen LogP contribution in [0.4, 0.5) is 5.69 Å². The Morgan fingerprint density at radius 1 is 1.18 bits per heavy atom. The van der Waals surface area contributed by atoms with Crippen LogP contribution in [0.25, 0.3) is 0 Å². The van der Waals surface area contributed by atoms with Crippen LogP contribution in [0.3, 0.4) is 0 Å². The van der Waals surface area contributed by atoms with Gasteiger partial charge in [0.15, 0.2) is 0 Å². The van der Waals surface area contributed by atoms with Crippen molar-refractivity contribution < 1.29 is 14.7 Å². The van der Waals surface area contributed by atoms with E-state index in [-0.39, 0.29) is 11.8 Å². The van der Waals surface area contributed by atoms with E-state index in [1.54, 1.807) is 4.90 Å². The van der Waals surface area contributed by atoms with Crippen LogP contribution >= 0.6 is 11.6 Å². The SMILES string of the molecule is Cc1ccc(Cl)cc1N1CCN(C(=O)[C@@H]2C[C@@H]2C(=O)O)CC1. The molecule has 1 amide bonds. The molecule has 1 aromatic carbocycles. The van der Waals surface area contributed by atoms with E-state index in [0.717, 1.165) is 24.3 Å². The molecule has 0 bridgehead atoms. The zero-order valence-electron chi connectivity index (χ0n) is 12.5. The minimum absolute atomic E-state index is 0.00475. The number of piperazine rings is 1. The maximum Gasteiger partial charge on any atom is 0.307 e. The second kappa shape index (κ2) is 5.80. The van der Waals surface area contributed by atoms with Crippen LogP contribution in [0.2, 0.25) is 5.02 Å². The summed E-state index contributed by atoms with van der Waals surface area (Å²) in [6.07, 6.45) is 0.488. The highest BCUT2D eigenvalue weighted by atomic mass is 35.5. The molecular weight excluding hydrogens is 304 g/mol. The van der Waals surface area contributed by atoms with E-state index in [0.29, 0.717) is 24.5 Å². The van der Waals surface area contributed by atoms with E-state index in [2.05, 4.69) is 4.90 Å². The Balaban J connectivity index is 1.60. The van der Waals surface area contributed by atoms with Gasteiger partial charge in [-0.2, -0.15) is 0 Å². The number of nitrogens with zero attached hydrogens (tertiary/aromatic N) is 2. The fourth-order valence-corrected chi connectivity index (χ4v) is 3.23. The summed E-state index contributed by atoms with van der Waals surface area (Å²) in [5.74, 6) is -1.64. The van der Waals surface area contributed by atoms with Gasteiger partial charge < -0.3 is 14.9 Å². The molecule has 118 valence electrons. The molecular formula is C16H19ClN2O3. The summed E-state index contributed by atoms with van der Waals surface area (Å²) in [7, 11) is 0. The van der Waals surface area contributed by atoms with Gasteiger partial charge in [-0.05, 0) is 31.0 Å². The third-order valence-electron chi connectivity index (χ3n) is 4.53. The molecule has 0 radical (unpaired) electrons. The van der Waals surface area contributed by atoms with Gasteiger partial charge in [-0.15, -0.1) is 0 Å². The van der Waals surface area contributed by atoms with Crippen LogP contribution < -0.4 is 4.90 Å². The number of aryl methyl sites for hydroxylation is 1. The lowest BCUT2D eigenvalue weighted by Gasteiger charge is -2.37. The highest BCUT2D eigenvalue weighted by Gasteiger charge is 2.50. The standard InChI is InChI=1S/C16H19ClN2O3/c1-10-2-3-11(17)8-14(10)18-4-6-19(7-5-18)15(20)12-9-13(12)16(21)22/h2-3,8,12-13H,4-7,9H2,1H3,(H,21,22)/t12-,13+/m1/s1. The molecule has 1 N–H and O–H groups in total. The first kappa shape index (κ1) is 15.2. The average Bonchev–Trinajstić information content (AvgIpc) is 3.30. The predicted octanol–water partition coefficient (Wildman–Crippen LogP) is 2.02. The van der Waals surface area contributed by atoms with Gasteiger partial charge in [0, 0.05) is 36.9 Å². The van der Waals surface area contributed by atoms with E-state index < -0.39 is 11.9 Å². The van der Waals surface area contributed by atoms with Gasteiger partial charge in [-0.1, -0.05) is 17.7 Å². The summed E-state index contributed by atoms with van der Waals surface area (Å²) in [5.41, 5.74) is 2.27. The van der Waals surface area contributed by atoms with Crippen LogP contribution in [0.15, 0.2) is 18.2 Å². The lowest BCUT2D eigenvalue weighted by molar-refractivity contribution is -0.142. The summed E-state index contributed by atoms with van der Waals surface area (Å²) in [4.78, 5) is 27.2. The summed E-state index contributed by atoms with van der Waals surface area (Å²) in [6.45, 7) is 4.81. The van der Waals surface area contributed by atoms with E-state index >= 15 is 0 Å². The predicted molar refractivity (Wildman–Crippen MR) is 84.2 cm³/mol. The van der Waals surface area contributed by atoms with Crippen molar-refractivity contribution in [2.45, 2.75) is 13.3 Å². The molecule has 6 heteroatoms.